The van der Waals surface area contributed by atoms with Gasteiger partial charge in [0.25, 0.3) is 0 Å². The van der Waals surface area contributed by atoms with Crippen LogP contribution in [0.4, 0.5) is 0 Å². The molecule has 2 rings (SSSR count). The lowest BCUT2D eigenvalue weighted by Crippen LogP contribution is -2.10. The Kier molecular flexibility index (Phi) is 4.76. The Labute approximate surface area is 121 Å². The molecule has 1 aromatic heterocycles. The Morgan fingerprint density at radius 2 is 2.05 bits per heavy atom. The standard InChI is InChI=1S/C15H16O4S/c1-2-11-8-13(14(20-11)15(17)18)19-9-12(16)10-6-4-3-5-7-10/h3-8,12,16H,2,9H2,1H3,(H,17,18). The molecule has 4 nitrogen and oxygen atoms in total. The van der Waals surface area contributed by atoms with Crippen molar-refractivity contribution in [1.29, 1.82) is 0 Å². The van der Waals surface area contributed by atoms with Gasteiger partial charge in [0.2, 0.25) is 0 Å². The molecule has 1 aromatic carbocycles. The topological polar surface area (TPSA) is 66.8 Å². The zero-order valence-corrected chi connectivity index (χ0v) is 11.9. The zero-order valence-electron chi connectivity index (χ0n) is 11.1. The Bertz CT molecular complexity index is 577. The Balaban J connectivity index is 2.07. The van der Waals surface area contributed by atoms with Crippen molar-refractivity contribution < 1.29 is 19.7 Å². The number of hydrogen-bond acceptors (Lipinski definition) is 4. The van der Waals surface area contributed by atoms with Crippen molar-refractivity contribution >= 4 is 17.3 Å². The van der Waals surface area contributed by atoms with E-state index in [4.69, 9.17) is 9.84 Å². The molecule has 2 N–H and O–H groups in total. The van der Waals surface area contributed by atoms with Gasteiger partial charge in [0.05, 0.1) is 0 Å². The quantitative estimate of drug-likeness (QED) is 0.858. The van der Waals surface area contributed by atoms with Gasteiger partial charge in [-0.25, -0.2) is 4.79 Å². The lowest BCUT2D eigenvalue weighted by atomic mass is 10.1. The summed E-state index contributed by atoms with van der Waals surface area (Å²) in [7, 11) is 0. The minimum atomic E-state index is -1.00. The molecule has 1 heterocycles. The van der Waals surface area contributed by atoms with E-state index >= 15 is 0 Å². The van der Waals surface area contributed by atoms with E-state index in [1.807, 2.05) is 25.1 Å². The number of thiophene rings is 1. The van der Waals surface area contributed by atoms with Gasteiger partial charge in [-0.05, 0) is 18.1 Å². The van der Waals surface area contributed by atoms with Gasteiger partial charge < -0.3 is 14.9 Å². The van der Waals surface area contributed by atoms with Crippen LogP contribution in [0.2, 0.25) is 0 Å². The number of aromatic carboxylic acids is 1. The minimum absolute atomic E-state index is 0.0319. The van der Waals surface area contributed by atoms with Crippen LogP contribution >= 0.6 is 11.3 Å². The summed E-state index contributed by atoms with van der Waals surface area (Å²) < 4.78 is 5.48. The number of benzene rings is 1. The van der Waals surface area contributed by atoms with Crippen LogP contribution in [0, 0.1) is 0 Å². The third kappa shape index (κ3) is 3.37. The molecule has 0 amide bonds. The van der Waals surface area contributed by atoms with Crippen molar-refractivity contribution in [3.8, 4) is 5.75 Å². The van der Waals surface area contributed by atoms with Crippen LogP contribution in [0.3, 0.4) is 0 Å². The summed E-state index contributed by atoms with van der Waals surface area (Å²) in [4.78, 5) is 12.3. The molecule has 0 fully saturated rings. The first-order chi connectivity index (χ1) is 9.61. The van der Waals surface area contributed by atoms with Crippen LogP contribution in [0.1, 0.15) is 33.1 Å². The molecule has 5 heteroatoms. The number of carboxylic acids is 1. The van der Waals surface area contributed by atoms with Crippen molar-refractivity contribution in [2.24, 2.45) is 0 Å². The summed E-state index contributed by atoms with van der Waals surface area (Å²) in [6.45, 7) is 1.99. The second-order valence-electron chi connectivity index (χ2n) is 4.30. The largest absolute Gasteiger partial charge is 0.489 e. The van der Waals surface area contributed by atoms with Gasteiger partial charge in [-0.3, -0.25) is 0 Å². The number of aliphatic hydroxyl groups excluding tert-OH is 1. The van der Waals surface area contributed by atoms with Crippen molar-refractivity contribution in [2.45, 2.75) is 19.4 Å². The smallest absolute Gasteiger partial charge is 0.349 e. The fourth-order valence-corrected chi connectivity index (χ4v) is 2.67. The highest BCUT2D eigenvalue weighted by molar-refractivity contribution is 7.14. The average molecular weight is 292 g/mol. The van der Waals surface area contributed by atoms with E-state index in [9.17, 15) is 9.90 Å². The molecule has 0 radical (unpaired) electrons. The number of aliphatic hydroxyl groups is 1. The molecule has 2 aromatic rings. The molecule has 1 atom stereocenters. The maximum atomic E-state index is 11.1. The molecule has 0 saturated heterocycles. The van der Waals surface area contributed by atoms with Gasteiger partial charge in [0.15, 0.2) is 4.88 Å². The maximum Gasteiger partial charge on any atom is 0.349 e. The summed E-state index contributed by atoms with van der Waals surface area (Å²) in [6.07, 6.45) is -0.0157. The molecule has 106 valence electrons. The van der Waals surface area contributed by atoms with Crippen LogP contribution in [-0.2, 0) is 6.42 Å². The van der Waals surface area contributed by atoms with Gasteiger partial charge in [-0.1, -0.05) is 37.3 Å². The Hall–Kier alpha value is -1.85. The highest BCUT2D eigenvalue weighted by atomic mass is 32.1. The van der Waals surface area contributed by atoms with Crippen molar-refractivity contribution in [3.63, 3.8) is 0 Å². The van der Waals surface area contributed by atoms with E-state index in [0.717, 1.165) is 16.9 Å². The van der Waals surface area contributed by atoms with E-state index in [1.54, 1.807) is 18.2 Å². The summed E-state index contributed by atoms with van der Waals surface area (Å²) in [5.41, 5.74) is 0.746. The van der Waals surface area contributed by atoms with E-state index in [1.165, 1.54) is 11.3 Å². The number of carboxylic acid groups (broad SMARTS) is 1. The predicted molar refractivity (Wildman–Crippen MR) is 77.6 cm³/mol. The maximum absolute atomic E-state index is 11.1. The number of rotatable bonds is 6. The lowest BCUT2D eigenvalue weighted by molar-refractivity contribution is 0.0689. The van der Waals surface area contributed by atoms with Crippen molar-refractivity contribution in [3.05, 3.63) is 51.7 Å². The summed E-state index contributed by atoms with van der Waals surface area (Å²) >= 11 is 1.21. The number of aryl methyl sites for hydroxylation is 1. The molecular weight excluding hydrogens is 276 g/mol. The first-order valence-electron chi connectivity index (χ1n) is 6.33. The van der Waals surface area contributed by atoms with Gasteiger partial charge in [0, 0.05) is 4.88 Å². The van der Waals surface area contributed by atoms with Crippen LogP contribution in [0.25, 0.3) is 0 Å². The van der Waals surface area contributed by atoms with Crippen LogP contribution < -0.4 is 4.74 Å². The van der Waals surface area contributed by atoms with Crippen LogP contribution in [-0.4, -0.2) is 22.8 Å². The molecule has 0 aliphatic rings. The molecule has 0 aliphatic heterocycles. The third-order valence-corrected chi connectivity index (χ3v) is 4.12. The van der Waals surface area contributed by atoms with Crippen molar-refractivity contribution in [2.75, 3.05) is 6.61 Å². The van der Waals surface area contributed by atoms with Crippen molar-refractivity contribution in [1.82, 2.24) is 0 Å². The molecule has 20 heavy (non-hydrogen) atoms. The number of ether oxygens (including phenoxy) is 1. The highest BCUT2D eigenvalue weighted by Crippen LogP contribution is 2.30. The van der Waals surface area contributed by atoms with E-state index < -0.39 is 12.1 Å². The summed E-state index contributed by atoms with van der Waals surface area (Å²) in [6, 6.07) is 10.9. The van der Waals surface area contributed by atoms with E-state index in [-0.39, 0.29) is 11.5 Å². The van der Waals surface area contributed by atoms with Crippen LogP contribution in [0.5, 0.6) is 5.75 Å². The highest BCUT2D eigenvalue weighted by Gasteiger charge is 2.17. The molecule has 0 saturated carbocycles. The van der Waals surface area contributed by atoms with Gasteiger partial charge in [-0.15, -0.1) is 11.3 Å². The van der Waals surface area contributed by atoms with E-state index in [0.29, 0.717) is 5.75 Å². The first kappa shape index (κ1) is 14.6. The van der Waals surface area contributed by atoms with E-state index in [2.05, 4.69) is 0 Å². The Morgan fingerprint density at radius 3 is 2.65 bits per heavy atom. The Morgan fingerprint density at radius 1 is 1.35 bits per heavy atom. The number of hydrogen-bond donors (Lipinski definition) is 2. The van der Waals surface area contributed by atoms with Crippen LogP contribution in [0.15, 0.2) is 36.4 Å². The van der Waals surface area contributed by atoms with Gasteiger partial charge in [-0.2, -0.15) is 0 Å². The lowest BCUT2D eigenvalue weighted by Gasteiger charge is -2.12. The SMILES string of the molecule is CCc1cc(OCC(O)c2ccccc2)c(C(=O)O)s1. The third-order valence-electron chi connectivity index (χ3n) is 2.87. The average Bonchev–Trinajstić information content (AvgIpc) is 2.89. The summed E-state index contributed by atoms with van der Waals surface area (Å²) in [5, 5.41) is 19.1. The molecular formula is C15H16O4S. The minimum Gasteiger partial charge on any atom is -0.489 e. The fourth-order valence-electron chi connectivity index (χ4n) is 1.79. The normalized spacial score (nSPS) is 12.1. The molecule has 1 unspecified atom stereocenters. The summed E-state index contributed by atoms with van der Waals surface area (Å²) in [5.74, 6) is -0.673. The van der Waals surface area contributed by atoms with Gasteiger partial charge in [0.1, 0.15) is 18.5 Å². The number of carbonyl (C=O) groups is 1. The van der Waals surface area contributed by atoms with Gasteiger partial charge >= 0.3 is 5.97 Å². The second kappa shape index (κ2) is 6.54. The monoisotopic (exact) mass is 292 g/mol. The molecule has 0 aliphatic carbocycles. The second-order valence-corrected chi connectivity index (χ2v) is 5.44. The predicted octanol–water partition coefficient (Wildman–Crippen LogP) is 3.12. The first-order valence-corrected chi connectivity index (χ1v) is 7.15. The zero-order chi connectivity index (χ0) is 14.5. The molecule has 0 spiro atoms. The molecule has 0 bridgehead atoms. The fraction of sp³-hybridized carbons (Fsp3) is 0.267.